The highest BCUT2D eigenvalue weighted by Gasteiger charge is 2.20. The van der Waals surface area contributed by atoms with E-state index in [2.05, 4.69) is 9.97 Å². The van der Waals surface area contributed by atoms with Gasteiger partial charge in [-0.3, -0.25) is 4.79 Å². The summed E-state index contributed by atoms with van der Waals surface area (Å²) < 4.78 is 6.67. The van der Waals surface area contributed by atoms with Gasteiger partial charge in [0.15, 0.2) is 0 Å². The molecule has 0 radical (unpaired) electrons. The van der Waals surface area contributed by atoms with Crippen LogP contribution in [-0.4, -0.2) is 46.2 Å². The van der Waals surface area contributed by atoms with Gasteiger partial charge in [-0.15, -0.1) is 11.3 Å². The molecule has 0 bridgehead atoms. The third kappa shape index (κ3) is 4.66. The van der Waals surface area contributed by atoms with E-state index in [1.807, 2.05) is 30.5 Å². The molecule has 2 heterocycles. The molecule has 0 spiro atoms. The van der Waals surface area contributed by atoms with Gasteiger partial charge in [-0.1, -0.05) is 23.4 Å². The van der Waals surface area contributed by atoms with E-state index in [1.165, 1.54) is 18.1 Å². The number of nitrogens with zero attached hydrogens (tertiary/aromatic N) is 3. The van der Waals surface area contributed by atoms with Crippen molar-refractivity contribution < 1.29 is 9.53 Å². The molecule has 26 heavy (non-hydrogen) atoms. The van der Waals surface area contributed by atoms with Crippen LogP contribution in [0.15, 0.2) is 47.1 Å². The van der Waals surface area contributed by atoms with E-state index in [9.17, 15) is 4.79 Å². The predicted molar refractivity (Wildman–Crippen MR) is 107 cm³/mol. The van der Waals surface area contributed by atoms with Gasteiger partial charge in [-0.2, -0.15) is 0 Å². The lowest BCUT2D eigenvalue weighted by molar-refractivity contribution is -0.129. The molecule has 0 fully saturated rings. The highest BCUT2D eigenvalue weighted by molar-refractivity contribution is 8.00. The van der Waals surface area contributed by atoms with Crippen LogP contribution in [0.1, 0.15) is 6.92 Å². The quantitative estimate of drug-likeness (QED) is 0.430. The first-order valence-corrected chi connectivity index (χ1v) is 10.2. The number of amides is 1. The van der Waals surface area contributed by atoms with E-state index in [0.29, 0.717) is 18.2 Å². The third-order valence-corrected chi connectivity index (χ3v) is 6.11. The maximum atomic E-state index is 12.6. The number of rotatable bonds is 7. The first-order chi connectivity index (χ1) is 12.5. The molecule has 8 heteroatoms. The third-order valence-electron chi connectivity index (χ3n) is 3.73. The van der Waals surface area contributed by atoms with Crippen molar-refractivity contribution in [2.45, 2.75) is 17.2 Å². The molecule has 1 amide bonds. The van der Waals surface area contributed by atoms with Gasteiger partial charge in [0.2, 0.25) is 5.91 Å². The number of likely N-dealkylation sites (N-methyl/N-ethyl adjacent to an activating group) is 1. The van der Waals surface area contributed by atoms with E-state index >= 15 is 0 Å². The Morgan fingerprint density at radius 2 is 2.08 bits per heavy atom. The standard InChI is InChI=1S/C18H18ClN3O2S2/c1-12(26-17-16-15(7-10-25-16)20-11-21-17)18(23)22(2)8-9-24-14-5-3-13(19)4-6-14/h3-7,10-12H,8-9H2,1-2H3/t12-/m1/s1. The highest BCUT2D eigenvalue weighted by Crippen LogP contribution is 2.31. The summed E-state index contributed by atoms with van der Waals surface area (Å²) in [5, 5.41) is 3.25. The topological polar surface area (TPSA) is 55.3 Å². The van der Waals surface area contributed by atoms with Gasteiger partial charge in [0.1, 0.15) is 23.7 Å². The number of benzene rings is 1. The first-order valence-electron chi connectivity index (χ1n) is 8.03. The molecule has 0 aliphatic heterocycles. The van der Waals surface area contributed by atoms with Crippen LogP contribution < -0.4 is 4.74 Å². The molecule has 136 valence electrons. The Labute approximate surface area is 165 Å². The lowest BCUT2D eigenvalue weighted by Gasteiger charge is -2.21. The molecular weight excluding hydrogens is 390 g/mol. The van der Waals surface area contributed by atoms with Gasteiger partial charge < -0.3 is 9.64 Å². The highest BCUT2D eigenvalue weighted by atomic mass is 35.5. The van der Waals surface area contributed by atoms with Crippen molar-refractivity contribution in [2.24, 2.45) is 0 Å². The molecule has 5 nitrogen and oxygen atoms in total. The minimum absolute atomic E-state index is 0.0398. The van der Waals surface area contributed by atoms with Gasteiger partial charge in [0.25, 0.3) is 0 Å². The van der Waals surface area contributed by atoms with Crippen LogP contribution in [0.25, 0.3) is 10.2 Å². The Morgan fingerprint density at radius 1 is 1.31 bits per heavy atom. The summed E-state index contributed by atoms with van der Waals surface area (Å²) in [6, 6.07) is 9.13. The Morgan fingerprint density at radius 3 is 2.85 bits per heavy atom. The van der Waals surface area contributed by atoms with Crippen LogP contribution in [0.2, 0.25) is 5.02 Å². The number of aromatic nitrogens is 2. The summed E-state index contributed by atoms with van der Waals surface area (Å²) in [7, 11) is 1.78. The van der Waals surface area contributed by atoms with Gasteiger partial charge in [-0.05, 0) is 42.6 Å². The van der Waals surface area contributed by atoms with Crippen molar-refractivity contribution in [3.05, 3.63) is 47.1 Å². The normalized spacial score (nSPS) is 12.1. The zero-order valence-corrected chi connectivity index (χ0v) is 16.8. The van der Waals surface area contributed by atoms with Crippen molar-refractivity contribution in [1.29, 1.82) is 0 Å². The second-order valence-electron chi connectivity index (χ2n) is 5.64. The molecule has 3 aromatic rings. The molecule has 0 saturated heterocycles. The number of thioether (sulfide) groups is 1. The fourth-order valence-electron chi connectivity index (χ4n) is 2.32. The molecule has 2 aromatic heterocycles. The molecule has 1 aromatic carbocycles. The molecule has 0 aliphatic rings. The number of halogens is 1. The molecule has 0 N–H and O–H groups in total. The zero-order valence-electron chi connectivity index (χ0n) is 14.4. The largest absolute Gasteiger partial charge is 0.492 e. The van der Waals surface area contributed by atoms with Crippen molar-refractivity contribution in [2.75, 3.05) is 20.2 Å². The molecule has 3 rings (SSSR count). The van der Waals surface area contributed by atoms with Crippen molar-refractivity contribution in [3.63, 3.8) is 0 Å². The summed E-state index contributed by atoms with van der Waals surface area (Å²) >= 11 is 8.90. The average molecular weight is 408 g/mol. The molecule has 0 unspecified atom stereocenters. The van der Waals surface area contributed by atoms with Crippen LogP contribution in [0.4, 0.5) is 0 Å². The van der Waals surface area contributed by atoms with Crippen LogP contribution in [0, 0.1) is 0 Å². The van der Waals surface area contributed by atoms with Crippen molar-refractivity contribution in [3.8, 4) is 5.75 Å². The van der Waals surface area contributed by atoms with E-state index in [4.69, 9.17) is 16.3 Å². The lowest BCUT2D eigenvalue weighted by atomic mass is 10.3. The van der Waals surface area contributed by atoms with Crippen LogP contribution in [0.5, 0.6) is 5.75 Å². The Bertz CT molecular complexity index is 886. The summed E-state index contributed by atoms with van der Waals surface area (Å²) in [4.78, 5) is 22.8. The summed E-state index contributed by atoms with van der Waals surface area (Å²) in [6.07, 6.45) is 1.54. The summed E-state index contributed by atoms with van der Waals surface area (Å²) in [5.74, 6) is 0.775. The fourth-order valence-corrected chi connectivity index (χ4v) is 4.40. The number of ether oxygens (including phenoxy) is 1. The fraction of sp³-hybridized carbons (Fsp3) is 0.278. The van der Waals surface area contributed by atoms with Gasteiger partial charge in [0, 0.05) is 12.1 Å². The summed E-state index contributed by atoms with van der Waals surface area (Å²) in [5.41, 5.74) is 0.914. The van der Waals surface area contributed by atoms with Crippen LogP contribution in [-0.2, 0) is 4.79 Å². The van der Waals surface area contributed by atoms with E-state index in [0.717, 1.165) is 21.0 Å². The molecular formula is C18H18ClN3O2S2. The number of hydrogen-bond acceptors (Lipinski definition) is 6. The van der Waals surface area contributed by atoms with Gasteiger partial charge in [0.05, 0.1) is 22.0 Å². The van der Waals surface area contributed by atoms with E-state index in [1.54, 1.807) is 35.4 Å². The number of carbonyl (C=O) groups is 1. The lowest BCUT2D eigenvalue weighted by Crippen LogP contribution is -2.36. The molecule has 0 aliphatic carbocycles. The number of thiophene rings is 1. The van der Waals surface area contributed by atoms with Gasteiger partial charge in [-0.25, -0.2) is 9.97 Å². The minimum atomic E-state index is -0.240. The Kier molecular flexibility index (Phi) is 6.34. The number of fused-ring (bicyclic) bond motifs is 1. The molecule has 0 saturated carbocycles. The monoisotopic (exact) mass is 407 g/mol. The van der Waals surface area contributed by atoms with E-state index in [-0.39, 0.29) is 11.2 Å². The zero-order chi connectivity index (χ0) is 18.5. The molecule has 1 atom stereocenters. The smallest absolute Gasteiger partial charge is 0.235 e. The second kappa shape index (κ2) is 8.70. The van der Waals surface area contributed by atoms with Crippen LogP contribution in [0.3, 0.4) is 0 Å². The number of carbonyl (C=O) groups excluding carboxylic acids is 1. The maximum absolute atomic E-state index is 12.6. The SMILES string of the molecule is C[C@@H](Sc1ncnc2ccsc12)C(=O)N(C)CCOc1ccc(Cl)cc1. The van der Waals surface area contributed by atoms with Gasteiger partial charge >= 0.3 is 0 Å². The Hall–Kier alpha value is -1.83. The van der Waals surface area contributed by atoms with Crippen molar-refractivity contribution >= 4 is 50.8 Å². The Balaban J connectivity index is 1.52. The van der Waals surface area contributed by atoms with Crippen molar-refractivity contribution in [1.82, 2.24) is 14.9 Å². The minimum Gasteiger partial charge on any atom is -0.492 e. The maximum Gasteiger partial charge on any atom is 0.235 e. The second-order valence-corrected chi connectivity index (χ2v) is 8.32. The first kappa shape index (κ1) is 18.9. The summed E-state index contributed by atoms with van der Waals surface area (Å²) in [6.45, 7) is 2.82. The average Bonchev–Trinajstić information content (AvgIpc) is 3.12. The predicted octanol–water partition coefficient (Wildman–Crippen LogP) is 4.36. The van der Waals surface area contributed by atoms with E-state index < -0.39 is 0 Å². The number of hydrogen-bond donors (Lipinski definition) is 0. The van der Waals surface area contributed by atoms with Crippen LogP contribution >= 0.6 is 34.7 Å².